The first kappa shape index (κ1) is 20.0. The lowest BCUT2D eigenvalue weighted by Gasteiger charge is -2.06. The number of hydrogen-bond acceptors (Lipinski definition) is 8. The number of thiophene rings is 1. The van der Waals surface area contributed by atoms with Crippen LogP contribution in [0.4, 0.5) is 5.69 Å². The molecule has 0 aliphatic carbocycles. The Bertz CT molecular complexity index is 1170. The van der Waals surface area contributed by atoms with E-state index in [2.05, 4.69) is 20.6 Å². The SMILES string of the molecule is CCOC(=O)c1ccc(NC(=O)CSc2nnc3ccc(-c4cccs4)nn23)cc1. The van der Waals surface area contributed by atoms with Gasteiger partial charge in [-0.3, -0.25) is 4.79 Å². The van der Waals surface area contributed by atoms with Gasteiger partial charge >= 0.3 is 5.97 Å². The maximum absolute atomic E-state index is 12.3. The second kappa shape index (κ2) is 9.06. The summed E-state index contributed by atoms with van der Waals surface area (Å²) in [6, 6.07) is 14.3. The first-order valence-electron chi connectivity index (χ1n) is 9.10. The predicted molar refractivity (Wildman–Crippen MR) is 116 cm³/mol. The van der Waals surface area contributed by atoms with Crippen LogP contribution in [0, 0.1) is 0 Å². The van der Waals surface area contributed by atoms with Gasteiger partial charge in [0.1, 0.15) is 5.69 Å². The van der Waals surface area contributed by atoms with Crippen LogP contribution in [0.5, 0.6) is 0 Å². The Labute approximate surface area is 180 Å². The summed E-state index contributed by atoms with van der Waals surface area (Å²) >= 11 is 2.85. The maximum atomic E-state index is 12.3. The molecule has 152 valence electrons. The standard InChI is InChI=1S/C20H17N5O3S2/c1-2-28-19(27)13-5-7-14(8-6-13)21-18(26)12-30-20-23-22-17-10-9-15(24-25(17)20)16-4-3-11-29-16/h3-11H,2,12H2,1H3,(H,21,26). The van der Waals surface area contributed by atoms with Crippen LogP contribution in [0.15, 0.2) is 59.1 Å². The normalized spacial score (nSPS) is 10.8. The molecule has 1 aromatic carbocycles. The van der Waals surface area contributed by atoms with Crippen LogP contribution in [0.3, 0.4) is 0 Å². The molecule has 4 aromatic rings. The van der Waals surface area contributed by atoms with Crippen molar-refractivity contribution in [1.29, 1.82) is 0 Å². The Balaban J connectivity index is 1.39. The van der Waals surface area contributed by atoms with Crippen LogP contribution >= 0.6 is 23.1 Å². The van der Waals surface area contributed by atoms with Gasteiger partial charge in [-0.15, -0.1) is 21.5 Å². The van der Waals surface area contributed by atoms with Gasteiger partial charge in [0.2, 0.25) is 11.1 Å². The van der Waals surface area contributed by atoms with E-state index in [0.717, 1.165) is 10.6 Å². The summed E-state index contributed by atoms with van der Waals surface area (Å²) in [5, 5.41) is 18.1. The molecule has 0 fully saturated rings. The highest BCUT2D eigenvalue weighted by atomic mass is 32.2. The topological polar surface area (TPSA) is 98.5 Å². The summed E-state index contributed by atoms with van der Waals surface area (Å²) in [6.07, 6.45) is 0. The molecule has 10 heteroatoms. The highest BCUT2D eigenvalue weighted by Crippen LogP contribution is 2.24. The van der Waals surface area contributed by atoms with E-state index in [4.69, 9.17) is 4.74 Å². The van der Waals surface area contributed by atoms with Gasteiger partial charge in [-0.1, -0.05) is 17.8 Å². The quantitative estimate of drug-likeness (QED) is 0.346. The lowest BCUT2D eigenvalue weighted by Crippen LogP contribution is -2.14. The van der Waals surface area contributed by atoms with Gasteiger partial charge < -0.3 is 10.1 Å². The van der Waals surface area contributed by atoms with Crippen LogP contribution in [-0.2, 0) is 9.53 Å². The van der Waals surface area contributed by atoms with Crippen LogP contribution in [-0.4, -0.2) is 44.0 Å². The van der Waals surface area contributed by atoms with Crippen molar-refractivity contribution in [3.63, 3.8) is 0 Å². The van der Waals surface area contributed by atoms with E-state index < -0.39 is 0 Å². The number of thioether (sulfide) groups is 1. The average molecular weight is 440 g/mol. The van der Waals surface area contributed by atoms with Gasteiger partial charge in [-0.2, -0.15) is 9.61 Å². The number of nitrogens with one attached hydrogen (secondary N) is 1. The third-order valence-electron chi connectivity index (χ3n) is 4.02. The van der Waals surface area contributed by atoms with Crippen molar-refractivity contribution in [1.82, 2.24) is 19.8 Å². The van der Waals surface area contributed by atoms with Gasteiger partial charge in [0.15, 0.2) is 5.65 Å². The summed E-state index contributed by atoms with van der Waals surface area (Å²) in [4.78, 5) is 25.1. The Morgan fingerprint density at radius 3 is 2.70 bits per heavy atom. The molecule has 0 saturated carbocycles. The highest BCUT2D eigenvalue weighted by molar-refractivity contribution is 7.99. The van der Waals surface area contributed by atoms with Gasteiger partial charge in [-0.05, 0) is 54.8 Å². The predicted octanol–water partition coefficient (Wildman–Crippen LogP) is 3.76. The first-order chi connectivity index (χ1) is 14.6. The lowest BCUT2D eigenvalue weighted by molar-refractivity contribution is -0.113. The molecule has 0 aliphatic heterocycles. The Morgan fingerprint density at radius 1 is 1.13 bits per heavy atom. The van der Waals surface area contributed by atoms with Crippen LogP contribution in [0.1, 0.15) is 17.3 Å². The molecule has 4 rings (SSSR count). The van der Waals surface area contributed by atoms with E-state index in [0.29, 0.717) is 28.7 Å². The summed E-state index contributed by atoms with van der Waals surface area (Å²) in [5.74, 6) is -0.445. The fraction of sp³-hybridized carbons (Fsp3) is 0.150. The number of benzene rings is 1. The molecule has 0 bridgehead atoms. The largest absolute Gasteiger partial charge is 0.462 e. The third kappa shape index (κ3) is 4.50. The smallest absolute Gasteiger partial charge is 0.338 e. The van der Waals surface area contributed by atoms with Crippen LogP contribution in [0.25, 0.3) is 16.2 Å². The van der Waals surface area contributed by atoms with Crippen molar-refractivity contribution in [3.8, 4) is 10.6 Å². The van der Waals surface area contributed by atoms with E-state index in [-0.39, 0.29) is 17.6 Å². The molecular formula is C20H17N5O3S2. The number of anilines is 1. The molecule has 30 heavy (non-hydrogen) atoms. The van der Waals surface area contributed by atoms with Gasteiger partial charge in [0, 0.05) is 5.69 Å². The number of nitrogens with zero attached hydrogens (tertiary/aromatic N) is 4. The van der Waals surface area contributed by atoms with E-state index in [9.17, 15) is 9.59 Å². The van der Waals surface area contributed by atoms with E-state index in [1.54, 1.807) is 47.0 Å². The lowest BCUT2D eigenvalue weighted by atomic mass is 10.2. The summed E-state index contributed by atoms with van der Waals surface area (Å²) in [6.45, 7) is 2.07. The van der Waals surface area contributed by atoms with Crippen LogP contribution < -0.4 is 5.32 Å². The third-order valence-corrected chi connectivity index (χ3v) is 5.83. The number of carbonyl (C=O) groups is 2. The summed E-state index contributed by atoms with van der Waals surface area (Å²) < 4.78 is 6.59. The van der Waals surface area contributed by atoms with Gasteiger partial charge in [0.25, 0.3) is 0 Å². The molecule has 0 atom stereocenters. The molecule has 1 N–H and O–H groups in total. The summed E-state index contributed by atoms with van der Waals surface area (Å²) in [5.41, 5.74) is 2.47. The Kier molecular flexibility index (Phi) is 6.05. The number of ether oxygens (including phenoxy) is 1. The van der Waals surface area contributed by atoms with Crippen molar-refractivity contribution >= 4 is 46.3 Å². The zero-order valence-electron chi connectivity index (χ0n) is 15.9. The van der Waals surface area contributed by atoms with E-state index in [1.165, 1.54) is 11.8 Å². The van der Waals surface area contributed by atoms with E-state index >= 15 is 0 Å². The number of fused-ring (bicyclic) bond motifs is 1. The average Bonchev–Trinajstić information content (AvgIpc) is 3.43. The zero-order chi connectivity index (χ0) is 20.9. The van der Waals surface area contributed by atoms with Crippen molar-refractivity contribution in [3.05, 3.63) is 59.5 Å². The molecule has 0 radical (unpaired) electrons. The van der Waals surface area contributed by atoms with Gasteiger partial charge in [0.05, 0.1) is 22.8 Å². The van der Waals surface area contributed by atoms with Crippen molar-refractivity contribution in [2.75, 3.05) is 17.7 Å². The molecule has 0 spiro atoms. The number of carbonyl (C=O) groups excluding carboxylic acids is 2. The minimum Gasteiger partial charge on any atom is -0.462 e. The maximum Gasteiger partial charge on any atom is 0.338 e. The Hall–Kier alpha value is -3.24. The number of esters is 1. The molecule has 8 nitrogen and oxygen atoms in total. The molecule has 3 heterocycles. The Morgan fingerprint density at radius 2 is 1.97 bits per heavy atom. The fourth-order valence-corrected chi connectivity index (χ4v) is 4.02. The van der Waals surface area contributed by atoms with Crippen molar-refractivity contribution in [2.45, 2.75) is 12.1 Å². The molecular weight excluding hydrogens is 422 g/mol. The zero-order valence-corrected chi connectivity index (χ0v) is 17.6. The fourth-order valence-electron chi connectivity index (χ4n) is 2.65. The number of aromatic nitrogens is 4. The van der Waals surface area contributed by atoms with Crippen molar-refractivity contribution in [2.24, 2.45) is 0 Å². The second-order valence-electron chi connectivity index (χ2n) is 6.08. The first-order valence-corrected chi connectivity index (χ1v) is 11.0. The van der Waals surface area contributed by atoms with E-state index in [1.807, 2.05) is 29.6 Å². The van der Waals surface area contributed by atoms with Gasteiger partial charge in [-0.25, -0.2) is 4.79 Å². The highest BCUT2D eigenvalue weighted by Gasteiger charge is 2.13. The number of hydrogen-bond donors (Lipinski definition) is 1. The molecule has 0 saturated heterocycles. The number of amides is 1. The molecule has 1 amide bonds. The monoisotopic (exact) mass is 439 g/mol. The molecule has 0 unspecified atom stereocenters. The molecule has 0 aliphatic rings. The summed E-state index contributed by atoms with van der Waals surface area (Å²) in [7, 11) is 0. The minimum absolute atomic E-state index is 0.144. The molecule has 3 aromatic heterocycles. The van der Waals surface area contributed by atoms with Crippen molar-refractivity contribution < 1.29 is 14.3 Å². The second-order valence-corrected chi connectivity index (χ2v) is 7.97. The minimum atomic E-state index is -0.390. The number of rotatable bonds is 7. The van der Waals surface area contributed by atoms with Crippen LogP contribution in [0.2, 0.25) is 0 Å².